The van der Waals surface area contributed by atoms with Gasteiger partial charge in [0.2, 0.25) is 0 Å². The average molecular weight is 304 g/mol. The fraction of sp³-hybridized carbons (Fsp3) is 0.235. The van der Waals surface area contributed by atoms with E-state index < -0.39 is 6.10 Å². The van der Waals surface area contributed by atoms with E-state index in [9.17, 15) is 9.90 Å². The van der Waals surface area contributed by atoms with E-state index in [1.54, 1.807) is 31.3 Å². The summed E-state index contributed by atoms with van der Waals surface area (Å²) in [5.74, 6) is -0.167. The molecule has 2 aromatic rings. The van der Waals surface area contributed by atoms with E-state index in [0.717, 1.165) is 5.56 Å². The van der Waals surface area contributed by atoms with E-state index in [1.165, 1.54) is 4.90 Å². The zero-order valence-electron chi connectivity index (χ0n) is 12.0. The number of nitrogens with zero attached hydrogens (tertiary/aromatic N) is 1. The van der Waals surface area contributed by atoms with Crippen LogP contribution in [0.2, 0.25) is 5.02 Å². The molecule has 2 aromatic carbocycles. The van der Waals surface area contributed by atoms with Crippen molar-refractivity contribution in [3.63, 3.8) is 0 Å². The summed E-state index contributed by atoms with van der Waals surface area (Å²) in [6.45, 7) is 1.82. The van der Waals surface area contributed by atoms with Gasteiger partial charge in [-0.15, -0.1) is 0 Å². The van der Waals surface area contributed by atoms with Gasteiger partial charge in [0.15, 0.2) is 0 Å². The van der Waals surface area contributed by atoms with Crippen molar-refractivity contribution in [2.45, 2.75) is 19.1 Å². The van der Waals surface area contributed by atoms with E-state index in [0.29, 0.717) is 10.6 Å². The fourth-order valence-electron chi connectivity index (χ4n) is 2.15. The minimum Gasteiger partial charge on any atom is -0.386 e. The molecule has 1 amide bonds. The summed E-state index contributed by atoms with van der Waals surface area (Å²) in [6.07, 6.45) is -0.737. The third-order valence-electron chi connectivity index (χ3n) is 3.60. The molecular weight excluding hydrogens is 286 g/mol. The molecule has 4 heteroatoms. The Morgan fingerprint density at radius 1 is 1.14 bits per heavy atom. The predicted octanol–water partition coefficient (Wildman–Crippen LogP) is 3.53. The van der Waals surface area contributed by atoms with Crippen molar-refractivity contribution in [2.75, 3.05) is 7.05 Å². The summed E-state index contributed by atoms with van der Waals surface area (Å²) in [4.78, 5) is 14.0. The molecule has 0 saturated heterocycles. The van der Waals surface area contributed by atoms with Crippen molar-refractivity contribution in [1.82, 2.24) is 4.90 Å². The average Bonchev–Trinajstić information content (AvgIpc) is 2.53. The molecule has 0 aliphatic rings. The van der Waals surface area contributed by atoms with Gasteiger partial charge in [-0.3, -0.25) is 4.79 Å². The van der Waals surface area contributed by atoms with Crippen LogP contribution in [-0.4, -0.2) is 29.0 Å². The molecule has 0 aliphatic heterocycles. The Kier molecular flexibility index (Phi) is 4.99. The first kappa shape index (κ1) is 15.5. The van der Waals surface area contributed by atoms with Crippen LogP contribution in [0, 0.1) is 0 Å². The summed E-state index contributed by atoms with van der Waals surface area (Å²) in [7, 11) is 1.68. The van der Waals surface area contributed by atoms with Crippen LogP contribution in [0.3, 0.4) is 0 Å². The number of hydrogen-bond donors (Lipinski definition) is 1. The Morgan fingerprint density at radius 2 is 1.81 bits per heavy atom. The van der Waals surface area contributed by atoms with E-state index in [4.69, 9.17) is 11.6 Å². The zero-order valence-corrected chi connectivity index (χ0v) is 12.8. The highest BCUT2D eigenvalue weighted by atomic mass is 35.5. The van der Waals surface area contributed by atoms with Crippen LogP contribution in [0.1, 0.15) is 28.9 Å². The maximum atomic E-state index is 12.4. The Labute approximate surface area is 129 Å². The lowest BCUT2D eigenvalue weighted by Crippen LogP contribution is -2.39. The standard InChI is InChI=1S/C17H18ClNO2/c1-12(16(20)13-7-4-3-5-8-13)19(2)17(21)14-9-6-10-15(18)11-14/h3-12,16,20H,1-2H3. The number of hydrogen-bond acceptors (Lipinski definition) is 2. The van der Waals surface area contributed by atoms with Crippen LogP contribution in [0.25, 0.3) is 0 Å². The molecule has 0 aromatic heterocycles. The Hall–Kier alpha value is -1.84. The lowest BCUT2D eigenvalue weighted by atomic mass is 10.0. The maximum absolute atomic E-state index is 12.4. The van der Waals surface area contributed by atoms with Crippen LogP contribution >= 0.6 is 11.6 Å². The molecule has 0 saturated carbocycles. The monoisotopic (exact) mass is 303 g/mol. The summed E-state index contributed by atoms with van der Waals surface area (Å²) < 4.78 is 0. The second-order valence-corrected chi connectivity index (χ2v) is 5.46. The summed E-state index contributed by atoms with van der Waals surface area (Å²) in [5, 5.41) is 10.9. The molecule has 0 radical (unpaired) electrons. The molecule has 0 spiro atoms. The van der Waals surface area contributed by atoms with Gasteiger partial charge in [-0.2, -0.15) is 0 Å². The van der Waals surface area contributed by atoms with Gasteiger partial charge >= 0.3 is 0 Å². The number of likely N-dealkylation sites (N-methyl/N-ethyl adjacent to an activating group) is 1. The largest absolute Gasteiger partial charge is 0.386 e. The van der Waals surface area contributed by atoms with E-state index in [-0.39, 0.29) is 11.9 Å². The van der Waals surface area contributed by atoms with Gasteiger partial charge in [0.1, 0.15) is 0 Å². The van der Waals surface area contributed by atoms with Gasteiger partial charge < -0.3 is 10.0 Å². The molecule has 21 heavy (non-hydrogen) atoms. The van der Waals surface area contributed by atoms with Crippen LogP contribution in [-0.2, 0) is 0 Å². The van der Waals surface area contributed by atoms with E-state index in [2.05, 4.69) is 0 Å². The van der Waals surface area contributed by atoms with Crippen molar-refractivity contribution in [3.8, 4) is 0 Å². The minimum absolute atomic E-state index is 0.167. The van der Waals surface area contributed by atoms with Gasteiger partial charge in [0.25, 0.3) is 5.91 Å². The molecule has 1 N–H and O–H groups in total. The number of halogens is 1. The van der Waals surface area contributed by atoms with Crippen LogP contribution in [0.5, 0.6) is 0 Å². The van der Waals surface area contributed by atoms with Gasteiger partial charge in [-0.1, -0.05) is 48.0 Å². The number of aliphatic hydroxyl groups excluding tert-OH is 1. The van der Waals surface area contributed by atoms with Crippen molar-refractivity contribution < 1.29 is 9.90 Å². The molecular formula is C17H18ClNO2. The summed E-state index contributed by atoms with van der Waals surface area (Å²) >= 11 is 5.91. The number of benzene rings is 2. The van der Waals surface area contributed by atoms with Crippen LogP contribution in [0.4, 0.5) is 0 Å². The quantitative estimate of drug-likeness (QED) is 0.938. The summed E-state index contributed by atoms with van der Waals surface area (Å²) in [6, 6.07) is 15.8. The molecule has 2 rings (SSSR count). The highest BCUT2D eigenvalue weighted by molar-refractivity contribution is 6.30. The zero-order chi connectivity index (χ0) is 15.4. The number of carbonyl (C=O) groups excluding carboxylic acids is 1. The number of amides is 1. The molecule has 110 valence electrons. The Morgan fingerprint density at radius 3 is 2.43 bits per heavy atom. The number of aliphatic hydroxyl groups is 1. The lowest BCUT2D eigenvalue weighted by Gasteiger charge is -2.29. The first-order valence-electron chi connectivity index (χ1n) is 6.76. The second-order valence-electron chi connectivity index (χ2n) is 5.02. The smallest absolute Gasteiger partial charge is 0.253 e. The minimum atomic E-state index is -0.737. The van der Waals surface area contributed by atoms with E-state index in [1.807, 2.05) is 37.3 Å². The number of rotatable bonds is 4. The molecule has 2 atom stereocenters. The topological polar surface area (TPSA) is 40.5 Å². The van der Waals surface area contributed by atoms with Gasteiger partial charge in [0, 0.05) is 17.6 Å². The summed E-state index contributed by atoms with van der Waals surface area (Å²) in [5.41, 5.74) is 1.30. The van der Waals surface area contributed by atoms with Gasteiger partial charge in [-0.05, 0) is 30.7 Å². The highest BCUT2D eigenvalue weighted by Gasteiger charge is 2.24. The predicted molar refractivity (Wildman–Crippen MR) is 84.4 cm³/mol. The molecule has 2 unspecified atom stereocenters. The molecule has 0 bridgehead atoms. The Balaban J connectivity index is 2.15. The van der Waals surface area contributed by atoms with Gasteiger partial charge in [0.05, 0.1) is 12.1 Å². The van der Waals surface area contributed by atoms with Crippen molar-refractivity contribution in [2.24, 2.45) is 0 Å². The SMILES string of the molecule is CC(C(O)c1ccccc1)N(C)C(=O)c1cccc(Cl)c1. The highest BCUT2D eigenvalue weighted by Crippen LogP contribution is 2.21. The first-order chi connectivity index (χ1) is 10.0. The molecule has 0 fully saturated rings. The third-order valence-corrected chi connectivity index (χ3v) is 3.84. The first-order valence-corrected chi connectivity index (χ1v) is 7.14. The lowest BCUT2D eigenvalue weighted by molar-refractivity contribution is 0.0487. The van der Waals surface area contributed by atoms with Crippen molar-refractivity contribution in [3.05, 3.63) is 70.7 Å². The fourth-order valence-corrected chi connectivity index (χ4v) is 2.34. The second kappa shape index (κ2) is 6.74. The Bertz CT molecular complexity index is 615. The van der Waals surface area contributed by atoms with E-state index >= 15 is 0 Å². The number of carbonyl (C=O) groups is 1. The van der Waals surface area contributed by atoms with Crippen LogP contribution < -0.4 is 0 Å². The third kappa shape index (κ3) is 3.63. The molecule has 3 nitrogen and oxygen atoms in total. The van der Waals surface area contributed by atoms with Gasteiger partial charge in [-0.25, -0.2) is 0 Å². The molecule has 0 aliphatic carbocycles. The van der Waals surface area contributed by atoms with Crippen molar-refractivity contribution in [1.29, 1.82) is 0 Å². The molecule has 0 heterocycles. The van der Waals surface area contributed by atoms with Crippen molar-refractivity contribution >= 4 is 17.5 Å². The van der Waals surface area contributed by atoms with Crippen LogP contribution in [0.15, 0.2) is 54.6 Å². The normalized spacial score (nSPS) is 13.5. The maximum Gasteiger partial charge on any atom is 0.253 e.